The third-order valence-electron chi connectivity index (χ3n) is 1.92. The summed E-state index contributed by atoms with van der Waals surface area (Å²) in [6.07, 6.45) is 11.8. The van der Waals surface area contributed by atoms with Gasteiger partial charge in [-0.2, -0.15) is 0 Å². The second-order valence-corrected chi connectivity index (χ2v) is 2.95. The van der Waals surface area contributed by atoms with E-state index in [1.54, 1.807) is 0 Å². The van der Waals surface area contributed by atoms with Gasteiger partial charge >= 0.3 is 0 Å². The van der Waals surface area contributed by atoms with E-state index < -0.39 is 0 Å². The normalized spacial score (nSPS) is 12.8. The molecule has 0 saturated carbocycles. The van der Waals surface area contributed by atoms with Crippen LogP contribution in [0.15, 0.2) is 23.8 Å². The molecule has 0 nitrogen and oxygen atoms in total. The molecule has 0 unspecified atom stereocenters. The minimum atomic E-state index is 1.24. The zero-order valence-electron chi connectivity index (χ0n) is 8.06. The molecule has 0 aliphatic rings. The van der Waals surface area contributed by atoms with Crippen molar-refractivity contribution in [2.45, 2.75) is 46.5 Å². The summed E-state index contributed by atoms with van der Waals surface area (Å²) in [5, 5.41) is 0. The molecule has 0 spiro atoms. The summed E-state index contributed by atoms with van der Waals surface area (Å²) >= 11 is 0. The molecule has 0 aliphatic carbocycles. The first-order valence-electron chi connectivity index (χ1n) is 4.54. The Morgan fingerprint density at radius 3 is 2.45 bits per heavy atom. The fourth-order valence-electron chi connectivity index (χ4n) is 0.977. The van der Waals surface area contributed by atoms with Gasteiger partial charge in [0.05, 0.1) is 0 Å². The Bertz CT molecular complexity index is 129. The number of hydrogen-bond donors (Lipinski definition) is 0. The summed E-state index contributed by atoms with van der Waals surface area (Å²) in [6, 6.07) is 0. The minimum Gasteiger partial charge on any atom is -0.0917 e. The Hall–Kier alpha value is -0.520. The van der Waals surface area contributed by atoms with Crippen molar-refractivity contribution in [3.63, 3.8) is 0 Å². The van der Waals surface area contributed by atoms with Crippen LogP contribution in [0.4, 0.5) is 0 Å². The molecule has 0 bridgehead atoms. The van der Waals surface area contributed by atoms with Crippen molar-refractivity contribution in [1.82, 2.24) is 0 Å². The van der Waals surface area contributed by atoms with Gasteiger partial charge in [0, 0.05) is 0 Å². The van der Waals surface area contributed by atoms with Crippen molar-refractivity contribution < 1.29 is 0 Å². The molecule has 0 aromatic carbocycles. The quantitative estimate of drug-likeness (QED) is 0.411. The Balaban J connectivity index is 3.15. The Kier molecular flexibility index (Phi) is 7.23. The molecule has 64 valence electrons. The summed E-state index contributed by atoms with van der Waals surface area (Å²) in [7, 11) is 0. The van der Waals surface area contributed by atoms with Gasteiger partial charge < -0.3 is 0 Å². The SMILES string of the molecule is CC=CCCCCC(C)=CC. The monoisotopic (exact) mass is 152 g/mol. The maximum absolute atomic E-state index is 2.24. The molecule has 0 amide bonds. The van der Waals surface area contributed by atoms with E-state index in [1.807, 2.05) is 0 Å². The lowest BCUT2D eigenvalue weighted by atomic mass is 10.1. The van der Waals surface area contributed by atoms with Crippen LogP contribution in [0.25, 0.3) is 0 Å². The van der Waals surface area contributed by atoms with Gasteiger partial charge in [-0.15, -0.1) is 0 Å². The molecule has 0 rings (SSSR count). The van der Waals surface area contributed by atoms with Gasteiger partial charge in [-0.25, -0.2) is 0 Å². The largest absolute Gasteiger partial charge is 0.0917 e. The van der Waals surface area contributed by atoms with E-state index in [0.717, 1.165) is 0 Å². The van der Waals surface area contributed by atoms with Gasteiger partial charge in [-0.05, 0) is 46.5 Å². The highest BCUT2D eigenvalue weighted by Gasteiger charge is 1.87. The zero-order chi connectivity index (χ0) is 8.53. The minimum absolute atomic E-state index is 1.24. The molecule has 0 saturated heterocycles. The number of rotatable bonds is 5. The first kappa shape index (κ1) is 10.5. The molecule has 0 radical (unpaired) electrons. The molecule has 0 heterocycles. The van der Waals surface area contributed by atoms with E-state index in [1.165, 1.54) is 31.3 Å². The molecule has 0 N–H and O–H groups in total. The predicted molar refractivity (Wildman–Crippen MR) is 52.7 cm³/mol. The van der Waals surface area contributed by atoms with Gasteiger partial charge in [0.15, 0.2) is 0 Å². The fourth-order valence-corrected chi connectivity index (χ4v) is 0.977. The highest BCUT2D eigenvalue weighted by molar-refractivity contribution is 4.94. The summed E-state index contributed by atoms with van der Waals surface area (Å²) in [5.74, 6) is 0. The summed E-state index contributed by atoms with van der Waals surface area (Å²) in [4.78, 5) is 0. The van der Waals surface area contributed by atoms with Crippen LogP contribution in [-0.4, -0.2) is 0 Å². The number of unbranched alkanes of at least 4 members (excludes halogenated alkanes) is 2. The van der Waals surface area contributed by atoms with Gasteiger partial charge in [0.1, 0.15) is 0 Å². The second kappa shape index (κ2) is 7.59. The topological polar surface area (TPSA) is 0 Å². The van der Waals surface area contributed by atoms with Crippen LogP contribution < -0.4 is 0 Å². The lowest BCUT2D eigenvalue weighted by molar-refractivity contribution is 0.741. The predicted octanol–water partition coefficient (Wildman–Crippen LogP) is 4.09. The van der Waals surface area contributed by atoms with Gasteiger partial charge in [-0.3, -0.25) is 0 Å². The van der Waals surface area contributed by atoms with Crippen molar-refractivity contribution in [3.8, 4) is 0 Å². The van der Waals surface area contributed by atoms with Crippen molar-refractivity contribution in [2.75, 3.05) is 0 Å². The molecule has 0 atom stereocenters. The van der Waals surface area contributed by atoms with E-state index in [0.29, 0.717) is 0 Å². The number of hydrogen-bond acceptors (Lipinski definition) is 0. The number of allylic oxidation sites excluding steroid dienone is 4. The van der Waals surface area contributed by atoms with Crippen molar-refractivity contribution in [1.29, 1.82) is 0 Å². The Morgan fingerprint density at radius 2 is 1.91 bits per heavy atom. The standard InChI is InChI=1S/C11H20/c1-4-6-7-8-9-10-11(3)5-2/h4-6H,7-10H2,1-3H3. The highest BCUT2D eigenvalue weighted by Crippen LogP contribution is 2.07. The van der Waals surface area contributed by atoms with Crippen LogP contribution in [0.1, 0.15) is 46.5 Å². The van der Waals surface area contributed by atoms with Crippen molar-refractivity contribution in [3.05, 3.63) is 23.8 Å². The molecular formula is C11H20. The van der Waals surface area contributed by atoms with Crippen molar-refractivity contribution in [2.24, 2.45) is 0 Å². The van der Waals surface area contributed by atoms with Crippen LogP contribution in [0.5, 0.6) is 0 Å². The zero-order valence-corrected chi connectivity index (χ0v) is 8.06. The van der Waals surface area contributed by atoms with Crippen LogP contribution >= 0.6 is 0 Å². The first-order valence-corrected chi connectivity index (χ1v) is 4.54. The average molecular weight is 152 g/mol. The summed E-state index contributed by atoms with van der Waals surface area (Å²) < 4.78 is 0. The lowest BCUT2D eigenvalue weighted by Gasteiger charge is -1.97. The third-order valence-corrected chi connectivity index (χ3v) is 1.92. The van der Waals surface area contributed by atoms with E-state index in [4.69, 9.17) is 0 Å². The Labute approximate surface area is 71.0 Å². The molecule has 0 aliphatic heterocycles. The molecule has 0 heteroatoms. The molecule has 0 aromatic heterocycles. The molecule has 11 heavy (non-hydrogen) atoms. The van der Waals surface area contributed by atoms with Gasteiger partial charge in [-0.1, -0.05) is 23.8 Å². The maximum Gasteiger partial charge on any atom is -0.0323 e. The smallest absolute Gasteiger partial charge is 0.0323 e. The van der Waals surface area contributed by atoms with E-state index >= 15 is 0 Å². The molecule has 0 aromatic rings. The van der Waals surface area contributed by atoms with Crippen LogP contribution in [0.3, 0.4) is 0 Å². The summed E-state index contributed by atoms with van der Waals surface area (Å²) in [6.45, 7) is 6.40. The molecular weight excluding hydrogens is 132 g/mol. The van der Waals surface area contributed by atoms with Crippen LogP contribution in [-0.2, 0) is 0 Å². The fraction of sp³-hybridized carbons (Fsp3) is 0.636. The summed E-state index contributed by atoms with van der Waals surface area (Å²) in [5.41, 5.74) is 1.52. The van der Waals surface area contributed by atoms with E-state index in [-0.39, 0.29) is 0 Å². The van der Waals surface area contributed by atoms with Crippen LogP contribution in [0, 0.1) is 0 Å². The van der Waals surface area contributed by atoms with Gasteiger partial charge in [0.2, 0.25) is 0 Å². The van der Waals surface area contributed by atoms with E-state index in [2.05, 4.69) is 39.0 Å². The lowest BCUT2D eigenvalue weighted by Crippen LogP contribution is -1.77. The Morgan fingerprint density at radius 1 is 1.18 bits per heavy atom. The van der Waals surface area contributed by atoms with Crippen molar-refractivity contribution >= 4 is 0 Å². The van der Waals surface area contributed by atoms with Gasteiger partial charge in [0.25, 0.3) is 0 Å². The van der Waals surface area contributed by atoms with Crippen LogP contribution in [0.2, 0.25) is 0 Å². The average Bonchev–Trinajstić information content (AvgIpc) is 2.04. The molecule has 0 fully saturated rings. The highest BCUT2D eigenvalue weighted by atomic mass is 13.9. The third kappa shape index (κ3) is 7.38. The maximum atomic E-state index is 2.24. The second-order valence-electron chi connectivity index (χ2n) is 2.95. The first-order chi connectivity index (χ1) is 5.31. The van der Waals surface area contributed by atoms with E-state index in [9.17, 15) is 0 Å².